The van der Waals surface area contributed by atoms with E-state index in [1.807, 2.05) is 0 Å². The Kier molecular flexibility index (Phi) is 5.16. The van der Waals surface area contributed by atoms with Crippen molar-refractivity contribution in [3.8, 4) is 28.1 Å². The summed E-state index contributed by atoms with van der Waals surface area (Å²) < 4.78 is 84.7. The highest BCUT2D eigenvalue weighted by atomic mass is 32.2. The molecule has 0 N–H and O–H groups in total. The molecule has 3 aromatic rings. The van der Waals surface area contributed by atoms with Crippen LogP contribution in [0.25, 0.3) is 22.4 Å². The van der Waals surface area contributed by atoms with Gasteiger partial charge < -0.3 is 9.26 Å². The molecule has 0 bridgehead atoms. The molecular formula is C19H15F4NO4S. The molecule has 2 aromatic carbocycles. The summed E-state index contributed by atoms with van der Waals surface area (Å²) in [4.78, 5) is -0.465. The van der Waals surface area contributed by atoms with Crippen molar-refractivity contribution in [2.24, 2.45) is 0 Å². The summed E-state index contributed by atoms with van der Waals surface area (Å²) in [6, 6.07) is 7.62. The van der Waals surface area contributed by atoms with Crippen LogP contribution in [0.2, 0.25) is 0 Å². The van der Waals surface area contributed by atoms with E-state index in [1.54, 1.807) is 6.92 Å². The molecular weight excluding hydrogens is 414 g/mol. The fraction of sp³-hybridized carbons (Fsp3) is 0.211. The lowest BCUT2D eigenvalue weighted by atomic mass is 9.98. The Morgan fingerprint density at radius 1 is 1.03 bits per heavy atom. The maximum absolute atomic E-state index is 14.3. The molecule has 0 saturated heterocycles. The number of nitrogens with zero attached hydrogens (tertiary/aromatic N) is 1. The maximum Gasteiger partial charge on any atom is 0.573 e. The number of hydrogen-bond acceptors (Lipinski definition) is 5. The summed E-state index contributed by atoms with van der Waals surface area (Å²) >= 11 is 0. The molecule has 0 unspecified atom stereocenters. The summed E-state index contributed by atoms with van der Waals surface area (Å²) in [6.45, 7) is 3.01. The van der Waals surface area contributed by atoms with Gasteiger partial charge in [-0.05, 0) is 43.2 Å². The number of sulfone groups is 1. The first-order chi connectivity index (χ1) is 13.4. The molecule has 0 aliphatic carbocycles. The summed E-state index contributed by atoms with van der Waals surface area (Å²) in [5.41, 5.74) is 1.28. The van der Waals surface area contributed by atoms with Crippen LogP contribution in [0.5, 0.6) is 5.75 Å². The average Bonchev–Trinajstić information content (AvgIpc) is 2.96. The van der Waals surface area contributed by atoms with Crippen molar-refractivity contribution in [1.29, 1.82) is 0 Å². The number of aryl methyl sites for hydroxylation is 2. The lowest BCUT2D eigenvalue weighted by Crippen LogP contribution is -2.17. The maximum atomic E-state index is 14.3. The molecule has 0 spiro atoms. The largest absolute Gasteiger partial charge is 0.573 e. The second-order valence-corrected chi connectivity index (χ2v) is 8.39. The van der Waals surface area contributed by atoms with E-state index in [2.05, 4.69) is 9.89 Å². The van der Waals surface area contributed by atoms with Gasteiger partial charge in [0, 0.05) is 11.8 Å². The first-order valence-electron chi connectivity index (χ1n) is 8.20. The second kappa shape index (κ2) is 7.18. The number of alkyl halides is 3. The number of halogens is 4. The van der Waals surface area contributed by atoms with Gasteiger partial charge in [0.15, 0.2) is 9.84 Å². The number of rotatable bonds is 4. The monoisotopic (exact) mass is 429 g/mol. The van der Waals surface area contributed by atoms with Gasteiger partial charge >= 0.3 is 6.36 Å². The summed E-state index contributed by atoms with van der Waals surface area (Å²) in [6.07, 6.45) is -3.98. The molecule has 3 rings (SSSR count). The van der Waals surface area contributed by atoms with E-state index in [0.717, 1.165) is 24.5 Å². The molecule has 1 heterocycles. The molecule has 0 aliphatic heterocycles. The third-order valence-corrected chi connectivity index (χ3v) is 5.30. The van der Waals surface area contributed by atoms with Gasteiger partial charge in [0.25, 0.3) is 0 Å². The molecule has 0 fully saturated rings. The molecule has 0 aliphatic rings. The molecule has 154 valence electrons. The zero-order valence-corrected chi connectivity index (χ0v) is 16.3. The van der Waals surface area contributed by atoms with Crippen LogP contribution in [0.15, 0.2) is 45.8 Å². The lowest BCUT2D eigenvalue weighted by molar-refractivity contribution is -0.274. The van der Waals surface area contributed by atoms with Crippen LogP contribution in [0, 0.1) is 19.7 Å². The van der Waals surface area contributed by atoms with Crippen LogP contribution in [-0.2, 0) is 9.84 Å². The van der Waals surface area contributed by atoms with Gasteiger partial charge in [-0.1, -0.05) is 23.4 Å². The van der Waals surface area contributed by atoms with Gasteiger partial charge in [-0.2, -0.15) is 0 Å². The quantitative estimate of drug-likeness (QED) is 0.542. The zero-order chi connectivity index (χ0) is 21.6. The third-order valence-electron chi connectivity index (χ3n) is 4.17. The minimum atomic E-state index is -4.86. The molecule has 0 saturated carbocycles. The fourth-order valence-corrected chi connectivity index (χ4v) is 3.58. The van der Waals surface area contributed by atoms with Gasteiger partial charge in [-0.3, -0.25) is 0 Å². The number of ether oxygens (including phenoxy) is 1. The van der Waals surface area contributed by atoms with Crippen LogP contribution in [0.4, 0.5) is 17.6 Å². The number of hydrogen-bond donors (Lipinski definition) is 0. The molecule has 0 atom stereocenters. The van der Waals surface area contributed by atoms with Crippen molar-refractivity contribution in [2.45, 2.75) is 25.1 Å². The van der Waals surface area contributed by atoms with Crippen LogP contribution in [0.3, 0.4) is 0 Å². The Bertz CT molecular complexity index is 1180. The predicted molar refractivity (Wildman–Crippen MR) is 96.6 cm³/mol. The van der Waals surface area contributed by atoms with E-state index >= 15 is 0 Å². The van der Waals surface area contributed by atoms with Gasteiger partial charge in [-0.15, -0.1) is 13.2 Å². The standard InChI is InChI=1S/C19H15F4NO4S/c1-10-4-5-13(9-15(10)27-19(21,22)23)18-17(11(2)28-24-18)12-6-7-16(14(20)8-12)29(3,25)26/h4-9H,1-3H3. The lowest BCUT2D eigenvalue weighted by Gasteiger charge is -2.12. The Balaban J connectivity index is 2.12. The van der Waals surface area contributed by atoms with Crippen LogP contribution >= 0.6 is 0 Å². The molecule has 1 aromatic heterocycles. The van der Waals surface area contributed by atoms with E-state index in [9.17, 15) is 26.0 Å². The van der Waals surface area contributed by atoms with E-state index in [0.29, 0.717) is 5.56 Å². The van der Waals surface area contributed by atoms with Crippen molar-refractivity contribution >= 4 is 9.84 Å². The van der Waals surface area contributed by atoms with E-state index in [1.165, 1.54) is 25.1 Å². The first-order valence-corrected chi connectivity index (χ1v) is 10.1. The van der Waals surface area contributed by atoms with Gasteiger partial charge in [-0.25, -0.2) is 12.8 Å². The first kappa shape index (κ1) is 20.8. The third kappa shape index (κ3) is 4.42. The van der Waals surface area contributed by atoms with Crippen molar-refractivity contribution in [3.05, 3.63) is 53.5 Å². The summed E-state index contributed by atoms with van der Waals surface area (Å²) in [7, 11) is -3.76. The Labute approximate surface area is 163 Å². The smallest absolute Gasteiger partial charge is 0.405 e. The van der Waals surface area contributed by atoms with Crippen molar-refractivity contribution in [3.63, 3.8) is 0 Å². The second-order valence-electron chi connectivity index (χ2n) is 6.41. The summed E-state index contributed by atoms with van der Waals surface area (Å²) in [5.74, 6) is -1.08. The molecule has 29 heavy (non-hydrogen) atoms. The van der Waals surface area contributed by atoms with Crippen LogP contribution < -0.4 is 4.74 Å². The highest BCUT2D eigenvalue weighted by Crippen LogP contribution is 2.38. The number of benzene rings is 2. The fourth-order valence-electron chi connectivity index (χ4n) is 2.85. The molecule has 10 heteroatoms. The highest BCUT2D eigenvalue weighted by molar-refractivity contribution is 7.90. The Hall–Kier alpha value is -2.88. The predicted octanol–water partition coefficient (Wildman–Crippen LogP) is 5.07. The molecule has 5 nitrogen and oxygen atoms in total. The SMILES string of the molecule is Cc1ccc(-c2noc(C)c2-c2ccc(S(C)(=O)=O)c(F)c2)cc1OC(F)(F)F. The van der Waals surface area contributed by atoms with E-state index in [-0.39, 0.29) is 28.1 Å². The van der Waals surface area contributed by atoms with Crippen molar-refractivity contribution < 1.29 is 35.2 Å². The minimum absolute atomic E-state index is 0.168. The highest BCUT2D eigenvalue weighted by Gasteiger charge is 2.32. The Morgan fingerprint density at radius 2 is 1.69 bits per heavy atom. The van der Waals surface area contributed by atoms with Crippen LogP contribution in [0.1, 0.15) is 11.3 Å². The molecule has 0 amide bonds. The topological polar surface area (TPSA) is 69.4 Å². The van der Waals surface area contributed by atoms with Gasteiger partial charge in [0.1, 0.15) is 27.9 Å². The molecule has 0 radical (unpaired) electrons. The van der Waals surface area contributed by atoms with Crippen molar-refractivity contribution in [2.75, 3.05) is 6.26 Å². The van der Waals surface area contributed by atoms with Gasteiger partial charge in [0.05, 0.1) is 5.56 Å². The number of aromatic nitrogens is 1. The average molecular weight is 429 g/mol. The Morgan fingerprint density at radius 3 is 2.28 bits per heavy atom. The minimum Gasteiger partial charge on any atom is -0.405 e. The van der Waals surface area contributed by atoms with E-state index in [4.69, 9.17) is 4.52 Å². The summed E-state index contributed by atoms with van der Waals surface area (Å²) in [5, 5.41) is 3.88. The zero-order valence-electron chi connectivity index (χ0n) is 15.5. The van der Waals surface area contributed by atoms with E-state index < -0.39 is 32.7 Å². The van der Waals surface area contributed by atoms with Crippen molar-refractivity contribution in [1.82, 2.24) is 5.16 Å². The normalized spacial score (nSPS) is 12.2. The van der Waals surface area contributed by atoms with Crippen LogP contribution in [-0.4, -0.2) is 26.2 Å². The van der Waals surface area contributed by atoms with Gasteiger partial charge in [0.2, 0.25) is 0 Å².